The summed E-state index contributed by atoms with van der Waals surface area (Å²) in [7, 11) is 0. The molecule has 2 amide bonds. The van der Waals surface area contributed by atoms with Crippen molar-refractivity contribution in [2.24, 2.45) is 11.8 Å². The Balaban J connectivity index is 0.000000162. The van der Waals surface area contributed by atoms with Gasteiger partial charge in [0.2, 0.25) is 11.8 Å². The molecule has 0 radical (unpaired) electrons. The van der Waals surface area contributed by atoms with Gasteiger partial charge in [-0.15, -0.1) is 0 Å². The summed E-state index contributed by atoms with van der Waals surface area (Å²) in [6.07, 6.45) is 4.13. The summed E-state index contributed by atoms with van der Waals surface area (Å²) >= 11 is 0. The van der Waals surface area contributed by atoms with E-state index in [4.69, 9.17) is 9.47 Å². The summed E-state index contributed by atoms with van der Waals surface area (Å²) in [5.41, 5.74) is 1.27. The number of para-hydroxylation sites is 2. The van der Waals surface area contributed by atoms with Crippen LogP contribution in [0.1, 0.15) is 85.8 Å². The molecule has 2 saturated carbocycles. The number of rotatable bonds is 10. The van der Waals surface area contributed by atoms with E-state index in [1.54, 1.807) is 12.1 Å². The number of carbonyl (C=O) groups excluding carboxylic acids is 2. The number of amides is 2. The Morgan fingerprint density at radius 2 is 1.03 bits per heavy atom. The van der Waals surface area contributed by atoms with Crippen LogP contribution in [0.5, 0.6) is 11.5 Å². The molecule has 0 bridgehead atoms. The van der Waals surface area contributed by atoms with Crippen LogP contribution in [0.4, 0.5) is 20.2 Å². The molecule has 4 aromatic rings. The van der Waals surface area contributed by atoms with Crippen LogP contribution >= 0.6 is 0 Å². The number of likely N-dealkylation sites (tertiary alicyclic amines) is 2. The normalized spacial score (nSPS) is 28.5. The number of nitrogens with one attached hydrogen (secondary N) is 2. The van der Waals surface area contributed by atoms with Crippen molar-refractivity contribution < 1.29 is 48.3 Å². The number of benzene rings is 4. The van der Waals surface area contributed by atoms with Crippen LogP contribution in [-0.4, -0.2) is 105 Å². The molecule has 340 valence electrons. The number of aryl methyl sites for hydroxylation is 2. The quantitative estimate of drug-likeness (QED) is 0.110. The van der Waals surface area contributed by atoms with Gasteiger partial charge in [0.1, 0.15) is 35.3 Å². The van der Waals surface area contributed by atoms with Crippen molar-refractivity contribution in [2.75, 3.05) is 49.9 Å². The van der Waals surface area contributed by atoms with Crippen molar-refractivity contribution in [2.45, 2.75) is 99.8 Å². The molecule has 4 heterocycles. The molecule has 0 aromatic heterocycles. The zero-order valence-corrected chi connectivity index (χ0v) is 35.9. The van der Waals surface area contributed by atoms with E-state index in [-0.39, 0.29) is 47.2 Å². The highest BCUT2D eigenvalue weighted by Gasteiger charge is 2.54. The van der Waals surface area contributed by atoms with Crippen LogP contribution in [-0.2, 0) is 22.4 Å². The fourth-order valence-corrected chi connectivity index (χ4v) is 11.0. The second kappa shape index (κ2) is 18.5. The molecule has 0 unspecified atom stereocenters. The van der Waals surface area contributed by atoms with Crippen molar-refractivity contribution in [1.29, 1.82) is 0 Å². The van der Waals surface area contributed by atoms with E-state index in [1.807, 2.05) is 60.7 Å². The topological polar surface area (TPSA) is 164 Å². The minimum absolute atomic E-state index is 0.0200. The summed E-state index contributed by atoms with van der Waals surface area (Å²) in [5.74, 6) is 0.424. The maximum absolute atomic E-state index is 14.6. The Hall–Kier alpha value is -4.96. The Kier molecular flexibility index (Phi) is 12.8. The monoisotopic (exact) mass is 880 g/mol. The molecule has 14 heteroatoms. The summed E-state index contributed by atoms with van der Waals surface area (Å²) in [4.78, 5) is 27.6. The molecule has 6 N–H and O–H groups in total. The number of fused-ring (bicyclic) bond motifs is 4. The number of anilines is 2. The lowest BCUT2D eigenvalue weighted by atomic mass is 9.95. The predicted octanol–water partition coefficient (Wildman–Crippen LogP) is 6.08. The van der Waals surface area contributed by atoms with Gasteiger partial charge in [0.15, 0.2) is 0 Å². The van der Waals surface area contributed by atoms with Crippen molar-refractivity contribution in [3.63, 3.8) is 0 Å². The summed E-state index contributed by atoms with van der Waals surface area (Å²) < 4.78 is 41.4. The number of nitrogens with zero attached hydrogens (tertiary/aromatic N) is 2. The first-order valence-corrected chi connectivity index (χ1v) is 22.7. The van der Waals surface area contributed by atoms with Crippen LogP contribution in [0.2, 0.25) is 0 Å². The highest BCUT2D eigenvalue weighted by molar-refractivity contribution is 5.93. The van der Waals surface area contributed by atoms with E-state index in [9.17, 15) is 38.8 Å². The summed E-state index contributed by atoms with van der Waals surface area (Å²) in [6.45, 7) is 2.93. The first-order valence-electron chi connectivity index (χ1n) is 22.7. The molecule has 4 aliphatic heterocycles. The van der Waals surface area contributed by atoms with Gasteiger partial charge < -0.3 is 40.5 Å². The number of halogens is 2. The molecule has 4 aromatic carbocycles. The van der Waals surface area contributed by atoms with Gasteiger partial charge in [-0.05, 0) is 97.2 Å². The third kappa shape index (κ3) is 9.82. The Morgan fingerprint density at radius 3 is 1.42 bits per heavy atom. The fourth-order valence-electron chi connectivity index (χ4n) is 11.0. The average Bonchev–Trinajstić information content (AvgIpc) is 3.81. The maximum Gasteiger partial charge on any atom is 0.224 e. The second-order valence-corrected chi connectivity index (χ2v) is 18.9. The number of hydrogen-bond acceptors (Lipinski definition) is 10. The highest BCUT2D eigenvalue weighted by Crippen LogP contribution is 2.45. The van der Waals surface area contributed by atoms with Gasteiger partial charge in [-0.25, -0.2) is 8.78 Å². The van der Waals surface area contributed by atoms with E-state index in [0.29, 0.717) is 102 Å². The summed E-state index contributed by atoms with van der Waals surface area (Å²) in [5, 5.41) is 49.3. The Labute approximate surface area is 372 Å². The molecule has 6 aliphatic rings. The van der Waals surface area contributed by atoms with Crippen LogP contribution in [0.25, 0.3) is 0 Å². The highest BCUT2D eigenvalue weighted by atomic mass is 19.1. The van der Waals surface area contributed by atoms with Crippen molar-refractivity contribution in [3.05, 3.63) is 119 Å². The predicted molar refractivity (Wildman–Crippen MR) is 236 cm³/mol. The number of carbonyl (C=O) groups is 2. The molecule has 2 aliphatic carbocycles. The zero-order valence-electron chi connectivity index (χ0n) is 35.9. The van der Waals surface area contributed by atoms with Crippen molar-refractivity contribution in [3.8, 4) is 11.5 Å². The second-order valence-electron chi connectivity index (χ2n) is 18.9. The van der Waals surface area contributed by atoms with E-state index in [1.165, 1.54) is 12.1 Å². The first kappa shape index (κ1) is 44.3. The van der Waals surface area contributed by atoms with E-state index >= 15 is 0 Å². The number of aliphatic hydroxyl groups excluding tert-OH is 2. The third-order valence-corrected chi connectivity index (χ3v) is 14.1. The smallest absolute Gasteiger partial charge is 0.224 e. The lowest BCUT2D eigenvalue weighted by Crippen LogP contribution is -2.36. The van der Waals surface area contributed by atoms with E-state index < -0.39 is 35.0 Å². The van der Waals surface area contributed by atoms with Gasteiger partial charge in [-0.1, -0.05) is 48.5 Å². The van der Waals surface area contributed by atoms with Gasteiger partial charge in [0.05, 0.1) is 34.8 Å². The molecule has 4 fully saturated rings. The van der Waals surface area contributed by atoms with Gasteiger partial charge in [-0.3, -0.25) is 19.4 Å². The maximum atomic E-state index is 14.6. The molecular weight excluding hydrogens is 823 g/mol. The molecule has 10 rings (SSSR count). The largest absolute Gasteiger partial charge is 0.490 e. The van der Waals surface area contributed by atoms with Gasteiger partial charge in [-0.2, -0.15) is 0 Å². The van der Waals surface area contributed by atoms with E-state index in [2.05, 4.69) is 20.4 Å². The molecule has 8 atom stereocenters. The molecular formula is C50H58F2N4O8. The Bertz CT molecular complexity index is 2160. The number of β-amino-alcohol motifs (C(OH)–C–C–N with tert-alkyl or cyclic N) is 4. The number of hydrogen-bond donors (Lipinski definition) is 6. The van der Waals surface area contributed by atoms with Gasteiger partial charge in [0, 0.05) is 76.8 Å². The number of ether oxygens (including phenoxy) is 2. The third-order valence-electron chi connectivity index (χ3n) is 14.1. The average molecular weight is 881 g/mol. The van der Waals surface area contributed by atoms with Crippen molar-refractivity contribution in [1.82, 2.24) is 9.80 Å². The van der Waals surface area contributed by atoms with Crippen molar-refractivity contribution >= 4 is 23.2 Å². The zero-order chi connectivity index (χ0) is 44.6. The number of aliphatic hydroxyl groups is 4. The molecule has 12 nitrogen and oxygen atoms in total. The molecule has 64 heavy (non-hydrogen) atoms. The molecule has 2 saturated heterocycles. The van der Waals surface area contributed by atoms with Crippen LogP contribution in [0.15, 0.2) is 84.9 Å². The lowest BCUT2D eigenvalue weighted by molar-refractivity contribution is -0.117. The van der Waals surface area contributed by atoms with Gasteiger partial charge in [0.25, 0.3) is 0 Å². The lowest BCUT2D eigenvalue weighted by Gasteiger charge is -2.25. The summed E-state index contributed by atoms with van der Waals surface area (Å²) in [6, 6.07) is 25.5. The van der Waals surface area contributed by atoms with Crippen LogP contribution < -0.4 is 20.1 Å². The first-order chi connectivity index (χ1) is 30.8. The van der Waals surface area contributed by atoms with Gasteiger partial charge >= 0.3 is 0 Å². The Morgan fingerprint density at radius 1 is 0.625 bits per heavy atom. The standard InChI is InChI=1S/2C25H29FN2O4/c2*26-21-10-17(9-16-5-4-8-23(30)27-24(16)21)22(29)14-28-13-18-11-20(12-25(18,31)15-28)32-19-6-2-1-3-7-19/h2*1-3,6-7,9-10,18,20,22,29,31H,4-5,8,11-15H2,(H,27,30)/t18-,20+,22+,25-;18-,20+,22-,25-/m11/s1. The van der Waals surface area contributed by atoms with Crippen LogP contribution in [0, 0.1) is 23.5 Å². The van der Waals surface area contributed by atoms with Crippen LogP contribution in [0.3, 0.4) is 0 Å². The SMILES string of the molecule is O=C1CCCc2cc([C@@H](O)CN3C[C@H]4C[C@H](Oc5ccccc5)C[C@@]4(O)C3)cc(F)c2N1.O=C1CCCc2cc([C@H](O)CN3C[C@H]4C[C@H](Oc5ccccc5)C[C@@]4(O)C3)cc(F)c2N1. The minimum atomic E-state index is -0.868. The minimum Gasteiger partial charge on any atom is -0.490 e. The fraction of sp³-hybridized carbons (Fsp3) is 0.480. The molecule has 0 spiro atoms. The van der Waals surface area contributed by atoms with E-state index in [0.717, 1.165) is 35.5 Å².